The number of ether oxygens (including phenoxy) is 1. The maximum atomic E-state index is 12.7. The number of pyridine rings is 1. The summed E-state index contributed by atoms with van der Waals surface area (Å²) in [6, 6.07) is 10.4. The first-order chi connectivity index (χ1) is 16.0. The number of carbonyl (C=O) groups excluding carboxylic acids is 2. The highest BCUT2D eigenvalue weighted by Crippen LogP contribution is 2.28. The highest BCUT2D eigenvalue weighted by atomic mass is 35.5. The monoisotopic (exact) mass is 471 g/mol. The summed E-state index contributed by atoms with van der Waals surface area (Å²) >= 11 is 5.92. The van der Waals surface area contributed by atoms with E-state index in [4.69, 9.17) is 16.3 Å². The van der Waals surface area contributed by atoms with E-state index in [0.29, 0.717) is 41.9 Å². The standard InChI is InChI=1S/C24H30ClN5O3/c1-33-19-8-9-21(26-13-19)20-14-30(15-23(31)27-12-16-2-3-16)11-10-22(20)29-24(32)28-18-6-4-17(25)5-7-18/h4-9,13,16,20,22H,2-3,10-12,14-15H2,1H3,(H,27,31)(H2,28,29,32). The average Bonchev–Trinajstić information content (AvgIpc) is 3.65. The number of rotatable bonds is 8. The van der Waals surface area contributed by atoms with Crippen molar-refractivity contribution in [3.05, 3.63) is 53.3 Å². The minimum absolute atomic E-state index is 0.0511. The third-order valence-corrected chi connectivity index (χ3v) is 6.39. The lowest BCUT2D eigenvalue weighted by Gasteiger charge is -2.38. The van der Waals surface area contributed by atoms with Crippen molar-refractivity contribution in [3.8, 4) is 5.75 Å². The number of carbonyl (C=O) groups is 2. The molecule has 3 amide bonds. The van der Waals surface area contributed by atoms with Gasteiger partial charge in [0.25, 0.3) is 0 Å². The topological polar surface area (TPSA) is 95.6 Å². The van der Waals surface area contributed by atoms with Crippen LogP contribution in [-0.2, 0) is 4.79 Å². The highest BCUT2D eigenvalue weighted by Gasteiger charge is 2.33. The van der Waals surface area contributed by atoms with Gasteiger partial charge in [-0.1, -0.05) is 11.6 Å². The van der Waals surface area contributed by atoms with Gasteiger partial charge >= 0.3 is 6.03 Å². The van der Waals surface area contributed by atoms with Gasteiger partial charge in [-0.25, -0.2) is 4.79 Å². The minimum atomic E-state index is -0.281. The normalized spacial score (nSPS) is 20.7. The van der Waals surface area contributed by atoms with Gasteiger partial charge in [0.15, 0.2) is 0 Å². The Bertz CT molecular complexity index is 950. The second kappa shape index (κ2) is 10.9. The number of halogens is 1. The van der Waals surface area contributed by atoms with Crippen LogP contribution in [0.1, 0.15) is 30.9 Å². The number of piperidine rings is 1. The Labute approximate surface area is 199 Å². The Morgan fingerprint density at radius 2 is 1.94 bits per heavy atom. The van der Waals surface area contributed by atoms with Crippen LogP contribution in [0.4, 0.5) is 10.5 Å². The van der Waals surface area contributed by atoms with Crippen LogP contribution in [0.3, 0.4) is 0 Å². The molecule has 1 aromatic carbocycles. The summed E-state index contributed by atoms with van der Waals surface area (Å²) in [5.41, 5.74) is 1.52. The van der Waals surface area contributed by atoms with Gasteiger partial charge in [0.1, 0.15) is 5.75 Å². The number of nitrogens with one attached hydrogen (secondary N) is 3. The van der Waals surface area contributed by atoms with Crippen molar-refractivity contribution in [2.45, 2.75) is 31.2 Å². The van der Waals surface area contributed by atoms with Crippen molar-refractivity contribution in [1.82, 2.24) is 20.5 Å². The molecular formula is C24H30ClN5O3. The van der Waals surface area contributed by atoms with E-state index in [9.17, 15) is 9.59 Å². The van der Waals surface area contributed by atoms with Crippen LogP contribution in [0.5, 0.6) is 5.75 Å². The number of urea groups is 1. The molecule has 2 heterocycles. The molecule has 0 radical (unpaired) electrons. The van der Waals surface area contributed by atoms with Crippen LogP contribution in [0.2, 0.25) is 5.02 Å². The molecular weight excluding hydrogens is 442 g/mol. The van der Waals surface area contributed by atoms with Gasteiger partial charge in [0, 0.05) is 48.0 Å². The number of nitrogens with zero attached hydrogens (tertiary/aromatic N) is 2. The van der Waals surface area contributed by atoms with Gasteiger partial charge in [-0.15, -0.1) is 0 Å². The van der Waals surface area contributed by atoms with Crippen LogP contribution in [0, 0.1) is 5.92 Å². The zero-order valence-corrected chi connectivity index (χ0v) is 19.5. The molecule has 9 heteroatoms. The Hall–Kier alpha value is -2.84. The quantitative estimate of drug-likeness (QED) is 0.549. The van der Waals surface area contributed by atoms with E-state index in [1.807, 2.05) is 12.1 Å². The molecule has 2 unspecified atom stereocenters. The van der Waals surface area contributed by atoms with E-state index in [2.05, 4.69) is 25.8 Å². The Kier molecular flexibility index (Phi) is 7.67. The summed E-state index contributed by atoms with van der Waals surface area (Å²) in [4.78, 5) is 31.8. The molecule has 176 valence electrons. The van der Waals surface area contributed by atoms with Gasteiger partial charge in [0.05, 0.1) is 19.9 Å². The first kappa shape index (κ1) is 23.3. The molecule has 2 aromatic rings. The molecule has 4 rings (SSSR count). The second-order valence-corrected chi connectivity index (χ2v) is 9.15. The van der Waals surface area contributed by atoms with E-state index in [0.717, 1.165) is 18.8 Å². The van der Waals surface area contributed by atoms with Gasteiger partial charge in [-0.05, 0) is 61.6 Å². The third-order valence-electron chi connectivity index (χ3n) is 6.14. The molecule has 3 N–H and O–H groups in total. The van der Waals surface area contributed by atoms with E-state index in [1.165, 1.54) is 12.8 Å². The van der Waals surface area contributed by atoms with Crippen molar-refractivity contribution < 1.29 is 14.3 Å². The lowest BCUT2D eigenvalue weighted by atomic mass is 9.88. The summed E-state index contributed by atoms with van der Waals surface area (Å²) in [7, 11) is 1.60. The van der Waals surface area contributed by atoms with Crippen LogP contribution < -0.4 is 20.7 Å². The molecule has 8 nitrogen and oxygen atoms in total. The van der Waals surface area contributed by atoms with Crippen molar-refractivity contribution in [1.29, 1.82) is 0 Å². The number of benzene rings is 1. The first-order valence-electron chi connectivity index (χ1n) is 11.3. The number of hydrogen-bond donors (Lipinski definition) is 3. The molecule has 1 aromatic heterocycles. The molecule has 2 aliphatic rings. The van der Waals surface area contributed by atoms with Crippen LogP contribution >= 0.6 is 11.6 Å². The zero-order valence-electron chi connectivity index (χ0n) is 18.7. The van der Waals surface area contributed by atoms with E-state index in [-0.39, 0.29) is 23.9 Å². The fourth-order valence-corrected chi connectivity index (χ4v) is 4.20. The molecule has 33 heavy (non-hydrogen) atoms. The fourth-order valence-electron chi connectivity index (χ4n) is 4.08. The van der Waals surface area contributed by atoms with E-state index >= 15 is 0 Å². The van der Waals surface area contributed by atoms with E-state index < -0.39 is 0 Å². The number of likely N-dealkylation sites (tertiary alicyclic amines) is 1. The Morgan fingerprint density at radius 3 is 2.61 bits per heavy atom. The van der Waals surface area contributed by atoms with Gasteiger partial charge in [-0.2, -0.15) is 0 Å². The van der Waals surface area contributed by atoms with Crippen molar-refractivity contribution in [2.24, 2.45) is 5.92 Å². The van der Waals surface area contributed by atoms with Crippen LogP contribution in [-0.4, -0.2) is 61.2 Å². The molecule has 1 saturated carbocycles. The van der Waals surface area contributed by atoms with Crippen LogP contribution in [0.25, 0.3) is 0 Å². The molecule has 0 bridgehead atoms. The van der Waals surface area contributed by atoms with Crippen molar-refractivity contribution >= 4 is 29.2 Å². The molecule has 1 saturated heterocycles. The van der Waals surface area contributed by atoms with Gasteiger partial charge < -0.3 is 20.7 Å². The smallest absolute Gasteiger partial charge is 0.319 e. The lowest BCUT2D eigenvalue weighted by molar-refractivity contribution is -0.122. The molecule has 2 fully saturated rings. The maximum absolute atomic E-state index is 12.7. The fraction of sp³-hybridized carbons (Fsp3) is 0.458. The number of anilines is 1. The Morgan fingerprint density at radius 1 is 1.15 bits per heavy atom. The highest BCUT2D eigenvalue weighted by molar-refractivity contribution is 6.30. The summed E-state index contributed by atoms with van der Waals surface area (Å²) < 4.78 is 5.23. The second-order valence-electron chi connectivity index (χ2n) is 8.71. The van der Waals surface area contributed by atoms with Gasteiger partial charge in [-0.3, -0.25) is 14.7 Å². The zero-order chi connectivity index (χ0) is 23.2. The van der Waals surface area contributed by atoms with E-state index in [1.54, 1.807) is 37.6 Å². The van der Waals surface area contributed by atoms with Crippen molar-refractivity contribution in [3.63, 3.8) is 0 Å². The molecule has 2 atom stereocenters. The minimum Gasteiger partial charge on any atom is -0.495 e. The third kappa shape index (κ3) is 6.82. The molecule has 1 aliphatic carbocycles. The largest absolute Gasteiger partial charge is 0.495 e. The van der Waals surface area contributed by atoms with Crippen molar-refractivity contribution in [2.75, 3.05) is 38.6 Å². The Balaban J connectivity index is 1.40. The predicted molar refractivity (Wildman–Crippen MR) is 128 cm³/mol. The average molecular weight is 472 g/mol. The number of amides is 3. The maximum Gasteiger partial charge on any atom is 0.319 e. The summed E-state index contributed by atoms with van der Waals surface area (Å²) in [6.45, 7) is 2.46. The number of hydrogen-bond acceptors (Lipinski definition) is 5. The first-order valence-corrected chi connectivity index (χ1v) is 11.7. The lowest BCUT2D eigenvalue weighted by Crippen LogP contribution is -2.52. The SMILES string of the molecule is COc1ccc(C2CN(CC(=O)NCC3CC3)CCC2NC(=O)Nc2ccc(Cl)cc2)nc1. The number of aromatic nitrogens is 1. The molecule has 0 spiro atoms. The molecule has 1 aliphatic heterocycles. The summed E-state index contributed by atoms with van der Waals surface area (Å²) in [6.07, 6.45) is 4.81. The number of methoxy groups -OCH3 is 1. The van der Waals surface area contributed by atoms with Crippen LogP contribution in [0.15, 0.2) is 42.6 Å². The predicted octanol–water partition coefficient (Wildman–Crippen LogP) is 3.25. The van der Waals surface area contributed by atoms with Gasteiger partial charge in [0.2, 0.25) is 5.91 Å². The summed E-state index contributed by atoms with van der Waals surface area (Å²) in [5, 5.41) is 9.60. The summed E-state index contributed by atoms with van der Waals surface area (Å²) in [5.74, 6) is 1.32.